The van der Waals surface area contributed by atoms with Crippen LogP contribution in [0.2, 0.25) is 0 Å². The molecule has 2 aromatic rings. The summed E-state index contributed by atoms with van der Waals surface area (Å²) in [6.45, 7) is 10.3. The molecule has 0 amide bonds. The van der Waals surface area contributed by atoms with Crippen LogP contribution in [-0.4, -0.2) is 22.1 Å². The van der Waals surface area contributed by atoms with Crippen molar-refractivity contribution >= 4 is 11.5 Å². The summed E-state index contributed by atoms with van der Waals surface area (Å²) in [5.74, 6) is 8.49. The monoisotopic (exact) mass is 424 g/mol. The molecule has 1 aliphatic rings. The second kappa shape index (κ2) is 10.6. The molecule has 3 N–H and O–H groups in total. The molecule has 1 aromatic heterocycles. The van der Waals surface area contributed by atoms with Crippen LogP contribution in [0.1, 0.15) is 72.4 Å². The van der Waals surface area contributed by atoms with E-state index in [1.807, 2.05) is 51.2 Å². The van der Waals surface area contributed by atoms with Crippen molar-refractivity contribution in [3.8, 4) is 16.9 Å². The van der Waals surface area contributed by atoms with Crippen LogP contribution in [0.4, 0.5) is 5.95 Å². The number of nitrogens with one attached hydrogen (secondary N) is 1. The summed E-state index contributed by atoms with van der Waals surface area (Å²) in [5.41, 5.74) is 3.81. The van der Waals surface area contributed by atoms with Crippen molar-refractivity contribution in [3.63, 3.8) is 0 Å². The zero-order chi connectivity index (χ0) is 22.4. The minimum absolute atomic E-state index is 0.136. The Hall–Kier alpha value is -2.60. The SMILES string of the molecule is CCC(=C(C)ON)c1nc(NC2CCC(C)CC2)ncc1-c1ccc(OC(C)C)cc1. The molecule has 6 nitrogen and oxygen atoms in total. The fourth-order valence-electron chi connectivity index (χ4n) is 4.12. The third-order valence-corrected chi connectivity index (χ3v) is 5.92. The van der Waals surface area contributed by atoms with Crippen molar-refractivity contribution in [3.05, 3.63) is 41.9 Å². The number of rotatable bonds is 8. The standard InChI is InChI=1S/C25H36N4O2/c1-6-22(18(5)31-26)24-23(19-9-13-21(14-10-19)30-16(2)3)15-27-25(29-24)28-20-11-7-17(4)8-12-20/h9-10,13-17,20H,6-8,11-12,26H2,1-5H3,(H,27,28,29). The molecule has 1 heterocycles. The van der Waals surface area contributed by atoms with E-state index in [-0.39, 0.29) is 6.10 Å². The molecule has 3 rings (SSSR count). The van der Waals surface area contributed by atoms with Gasteiger partial charge in [-0.25, -0.2) is 9.97 Å². The number of ether oxygens (including phenoxy) is 1. The number of nitrogens with zero attached hydrogens (tertiary/aromatic N) is 2. The van der Waals surface area contributed by atoms with Crippen LogP contribution in [0.5, 0.6) is 5.75 Å². The van der Waals surface area contributed by atoms with Gasteiger partial charge in [-0.1, -0.05) is 26.0 Å². The van der Waals surface area contributed by atoms with E-state index in [4.69, 9.17) is 20.5 Å². The van der Waals surface area contributed by atoms with E-state index in [0.29, 0.717) is 17.7 Å². The van der Waals surface area contributed by atoms with Crippen molar-refractivity contribution in [2.75, 3.05) is 5.32 Å². The minimum Gasteiger partial charge on any atom is -0.491 e. The maximum atomic E-state index is 5.78. The molecule has 0 radical (unpaired) electrons. The van der Waals surface area contributed by atoms with Gasteiger partial charge in [-0.2, -0.15) is 5.90 Å². The lowest BCUT2D eigenvalue weighted by molar-refractivity contribution is 0.224. The molecular weight excluding hydrogens is 388 g/mol. The van der Waals surface area contributed by atoms with Crippen molar-refractivity contribution in [2.45, 2.75) is 78.9 Å². The van der Waals surface area contributed by atoms with Crippen LogP contribution >= 0.6 is 0 Å². The highest BCUT2D eigenvalue weighted by atomic mass is 16.6. The molecule has 1 saturated carbocycles. The minimum atomic E-state index is 0.136. The van der Waals surface area contributed by atoms with Crippen LogP contribution in [0.25, 0.3) is 16.7 Å². The van der Waals surface area contributed by atoms with Gasteiger partial charge in [0, 0.05) is 23.4 Å². The topological polar surface area (TPSA) is 82.3 Å². The summed E-state index contributed by atoms with van der Waals surface area (Å²) < 4.78 is 5.78. The maximum absolute atomic E-state index is 5.78. The lowest BCUT2D eigenvalue weighted by Crippen LogP contribution is -2.26. The molecule has 0 bridgehead atoms. The first-order chi connectivity index (χ1) is 14.9. The lowest BCUT2D eigenvalue weighted by Gasteiger charge is -2.27. The van der Waals surface area contributed by atoms with E-state index < -0.39 is 0 Å². The largest absolute Gasteiger partial charge is 0.491 e. The van der Waals surface area contributed by atoms with Gasteiger partial charge < -0.3 is 14.9 Å². The Bertz CT molecular complexity index is 885. The van der Waals surface area contributed by atoms with Crippen LogP contribution in [0.3, 0.4) is 0 Å². The number of allylic oxidation sites excluding steroid dienone is 2. The highest BCUT2D eigenvalue weighted by molar-refractivity contribution is 5.80. The van der Waals surface area contributed by atoms with Gasteiger partial charge in [0.25, 0.3) is 0 Å². The molecule has 1 aromatic carbocycles. The first-order valence-electron chi connectivity index (χ1n) is 11.4. The molecule has 31 heavy (non-hydrogen) atoms. The fraction of sp³-hybridized carbons (Fsp3) is 0.520. The second-order valence-corrected chi connectivity index (χ2v) is 8.75. The number of anilines is 1. The van der Waals surface area contributed by atoms with Gasteiger partial charge in [0.15, 0.2) is 0 Å². The fourth-order valence-corrected chi connectivity index (χ4v) is 4.12. The first-order valence-corrected chi connectivity index (χ1v) is 11.4. The number of hydrogen-bond donors (Lipinski definition) is 2. The molecule has 168 valence electrons. The Morgan fingerprint density at radius 3 is 2.42 bits per heavy atom. The average molecular weight is 425 g/mol. The highest BCUT2D eigenvalue weighted by Gasteiger charge is 2.21. The Kier molecular flexibility index (Phi) is 7.91. The van der Waals surface area contributed by atoms with Crippen LogP contribution in [0, 0.1) is 5.92 Å². The quantitative estimate of drug-likeness (QED) is 0.402. The average Bonchev–Trinajstić information content (AvgIpc) is 2.76. The predicted octanol–water partition coefficient (Wildman–Crippen LogP) is 5.95. The summed E-state index contributed by atoms with van der Waals surface area (Å²) in [6.07, 6.45) is 7.58. The van der Waals surface area contributed by atoms with E-state index in [2.05, 4.69) is 24.1 Å². The van der Waals surface area contributed by atoms with Crippen molar-refractivity contribution in [1.82, 2.24) is 9.97 Å². The summed E-state index contributed by atoms with van der Waals surface area (Å²) in [5, 5.41) is 3.55. The molecule has 1 aliphatic carbocycles. The van der Waals surface area contributed by atoms with Gasteiger partial charge in [-0.15, -0.1) is 0 Å². The van der Waals surface area contributed by atoms with Crippen LogP contribution in [-0.2, 0) is 4.84 Å². The van der Waals surface area contributed by atoms with Gasteiger partial charge >= 0.3 is 0 Å². The van der Waals surface area contributed by atoms with Crippen molar-refractivity contribution < 1.29 is 9.57 Å². The predicted molar refractivity (Wildman–Crippen MR) is 126 cm³/mol. The van der Waals surface area contributed by atoms with Gasteiger partial charge in [0.1, 0.15) is 11.5 Å². The summed E-state index contributed by atoms with van der Waals surface area (Å²) in [4.78, 5) is 14.7. The number of aromatic nitrogens is 2. The maximum Gasteiger partial charge on any atom is 0.223 e. The summed E-state index contributed by atoms with van der Waals surface area (Å²) in [6, 6.07) is 8.47. The molecular formula is C25H36N4O2. The van der Waals surface area contributed by atoms with Crippen molar-refractivity contribution in [1.29, 1.82) is 0 Å². The number of benzene rings is 1. The summed E-state index contributed by atoms with van der Waals surface area (Å²) >= 11 is 0. The molecule has 0 atom stereocenters. The second-order valence-electron chi connectivity index (χ2n) is 8.75. The van der Waals surface area contributed by atoms with E-state index in [1.165, 1.54) is 12.8 Å². The number of hydrogen-bond acceptors (Lipinski definition) is 6. The molecule has 0 unspecified atom stereocenters. The van der Waals surface area contributed by atoms with E-state index in [9.17, 15) is 0 Å². The normalized spacial score (nSPS) is 19.7. The molecule has 0 saturated heterocycles. The third kappa shape index (κ3) is 5.97. The van der Waals surface area contributed by atoms with Crippen molar-refractivity contribution in [2.24, 2.45) is 11.8 Å². The molecule has 1 fully saturated rings. The molecule has 0 aliphatic heterocycles. The Balaban J connectivity index is 1.96. The zero-order valence-corrected chi connectivity index (χ0v) is 19.4. The number of nitrogens with two attached hydrogens (primary N) is 1. The Labute approximate surface area is 186 Å². The third-order valence-electron chi connectivity index (χ3n) is 5.92. The molecule has 6 heteroatoms. The van der Waals surface area contributed by atoms with E-state index in [0.717, 1.165) is 53.3 Å². The van der Waals surface area contributed by atoms with Crippen LogP contribution < -0.4 is 16.0 Å². The highest BCUT2D eigenvalue weighted by Crippen LogP contribution is 2.33. The van der Waals surface area contributed by atoms with Gasteiger partial charge in [0.05, 0.1) is 11.8 Å². The van der Waals surface area contributed by atoms with E-state index >= 15 is 0 Å². The van der Waals surface area contributed by atoms with E-state index in [1.54, 1.807) is 0 Å². The Morgan fingerprint density at radius 2 is 1.84 bits per heavy atom. The Morgan fingerprint density at radius 1 is 1.16 bits per heavy atom. The first kappa shape index (κ1) is 23.1. The smallest absolute Gasteiger partial charge is 0.223 e. The van der Waals surface area contributed by atoms with Crippen LogP contribution in [0.15, 0.2) is 36.2 Å². The zero-order valence-electron chi connectivity index (χ0n) is 19.4. The van der Waals surface area contributed by atoms with Gasteiger partial charge in [-0.3, -0.25) is 0 Å². The van der Waals surface area contributed by atoms with Gasteiger partial charge in [0.2, 0.25) is 5.95 Å². The summed E-state index contributed by atoms with van der Waals surface area (Å²) in [7, 11) is 0. The lowest BCUT2D eigenvalue weighted by atomic mass is 9.87. The molecule has 0 spiro atoms. The van der Waals surface area contributed by atoms with Gasteiger partial charge in [-0.05, 0) is 76.5 Å².